The lowest BCUT2D eigenvalue weighted by Gasteiger charge is -2.02. The normalized spacial score (nSPS) is 11.1. The number of carbonyl (C=O) groups excluding carboxylic acids is 2. The van der Waals surface area contributed by atoms with E-state index in [4.69, 9.17) is 0 Å². The number of unbranched alkanes of at least 4 members (excludes halogenated alkanes) is 1. The Kier molecular flexibility index (Phi) is 9.49. The number of phenolic OH excluding ortho intramolecular Hbond substituents is 2. The van der Waals surface area contributed by atoms with Crippen molar-refractivity contribution >= 4 is 56.1 Å². The molecule has 158 valence electrons. The highest BCUT2D eigenvalue weighted by molar-refractivity contribution is 9.10. The number of rotatable bonds is 9. The molecule has 0 aromatic heterocycles. The van der Waals surface area contributed by atoms with E-state index in [0.717, 1.165) is 8.95 Å². The maximum Gasteiger partial charge on any atom is 0.240 e. The van der Waals surface area contributed by atoms with Gasteiger partial charge < -0.3 is 10.2 Å². The van der Waals surface area contributed by atoms with E-state index in [1.165, 1.54) is 24.6 Å². The molecule has 0 radical (unpaired) electrons. The third-order valence-corrected chi connectivity index (χ3v) is 4.81. The van der Waals surface area contributed by atoms with Crippen molar-refractivity contribution in [3.63, 3.8) is 0 Å². The third-order valence-electron chi connectivity index (χ3n) is 3.82. The Labute approximate surface area is 190 Å². The van der Waals surface area contributed by atoms with Crippen LogP contribution in [0.25, 0.3) is 0 Å². The molecule has 2 rings (SSSR count). The molecule has 2 aromatic rings. The van der Waals surface area contributed by atoms with Crippen LogP contribution in [0, 0.1) is 0 Å². The van der Waals surface area contributed by atoms with Crippen LogP contribution in [0.1, 0.15) is 36.8 Å². The van der Waals surface area contributed by atoms with E-state index in [-0.39, 0.29) is 36.2 Å². The summed E-state index contributed by atoms with van der Waals surface area (Å²) in [5, 5.41) is 27.0. The topological polar surface area (TPSA) is 123 Å². The van der Waals surface area contributed by atoms with E-state index in [9.17, 15) is 19.8 Å². The molecule has 0 saturated heterocycles. The monoisotopic (exact) mass is 538 g/mol. The van der Waals surface area contributed by atoms with Gasteiger partial charge in [-0.1, -0.05) is 31.9 Å². The van der Waals surface area contributed by atoms with Crippen molar-refractivity contribution in [1.29, 1.82) is 0 Å². The molecule has 2 amide bonds. The van der Waals surface area contributed by atoms with Crippen molar-refractivity contribution in [2.75, 3.05) is 0 Å². The maximum atomic E-state index is 11.8. The lowest BCUT2D eigenvalue weighted by atomic mass is 10.2. The van der Waals surface area contributed by atoms with Crippen molar-refractivity contribution in [2.45, 2.75) is 25.7 Å². The number of hydrogen-bond donors (Lipinski definition) is 4. The van der Waals surface area contributed by atoms with Crippen molar-refractivity contribution in [3.8, 4) is 11.5 Å². The lowest BCUT2D eigenvalue weighted by Crippen LogP contribution is -2.19. The van der Waals surface area contributed by atoms with Crippen LogP contribution >= 0.6 is 31.9 Å². The Hall–Kier alpha value is -2.72. The standard InChI is InChI=1S/C20H20Br2N4O4/c21-15-5-7-17(27)13(9-15)11-23-25-19(29)3-1-2-4-20(30)26-24-12-14-10-16(22)6-8-18(14)28/h5-12,27-28H,1-4H2,(H,25,29)(H,26,30)/b23-11-,24-12+. The molecule has 0 heterocycles. The molecule has 0 bridgehead atoms. The summed E-state index contributed by atoms with van der Waals surface area (Å²) in [6, 6.07) is 9.76. The fraction of sp³-hybridized carbons (Fsp3) is 0.200. The van der Waals surface area contributed by atoms with Gasteiger partial charge in [-0.25, -0.2) is 10.9 Å². The average Bonchev–Trinajstić information content (AvgIpc) is 2.70. The summed E-state index contributed by atoms with van der Waals surface area (Å²) in [5.74, 6) is -0.464. The molecule has 0 unspecified atom stereocenters. The second-order valence-electron chi connectivity index (χ2n) is 6.20. The van der Waals surface area contributed by atoms with Gasteiger partial charge in [0.05, 0.1) is 12.4 Å². The minimum atomic E-state index is -0.288. The molecule has 0 aliphatic rings. The van der Waals surface area contributed by atoms with Crippen LogP contribution < -0.4 is 10.9 Å². The van der Waals surface area contributed by atoms with Gasteiger partial charge in [0, 0.05) is 32.9 Å². The summed E-state index contributed by atoms with van der Waals surface area (Å²) in [4.78, 5) is 23.5. The maximum absolute atomic E-state index is 11.8. The largest absolute Gasteiger partial charge is 0.507 e. The Morgan fingerprint density at radius 3 is 1.60 bits per heavy atom. The fourth-order valence-corrected chi connectivity index (χ4v) is 3.05. The highest BCUT2D eigenvalue weighted by atomic mass is 79.9. The van der Waals surface area contributed by atoms with Gasteiger partial charge >= 0.3 is 0 Å². The lowest BCUT2D eigenvalue weighted by molar-refractivity contribution is -0.123. The van der Waals surface area contributed by atoms with E-state index < -0.39 is 0 Å². The van der Waals surface area contributed by atoms with E-state index in [2.05, 4.69) is 52.9 Å². The first-order valence-corrected chi connectivity index (χ1v) is 10.5. The summed E-state index contributed by atoms with van der Waals surface area (Å²) in [5.41, 5.74) is 5.70. The third kappa shape index (κ3) is 8.34. The van der Waals surface area contributed by atoms with Gasteiger partial charge in [-0.05, 0) is 49.2 Å². The number of phenols is 2. The highest BCUT2D eigenvalue weighted by Gasteiger charge is 2.04. The van der Waals surface area contributed by atoms with Crippen molar-refractivity contribution in [3.05, 3.63) is 56.5 Å². The number of carbonyl (C=O) groups is 2. The summed E-state index contributed by atoms with van der Waals surface area (Å²) < 4.78 is 1.56. The molecule has 0 aliphatic carbocycles. The van der Waals surface area contributed by atoms with Gasteiger partial charge in [0.2, 0.25) is 11.8 Å². The van der Waals surface area contributed by atoms with Gasteiger partial charge in [0.25, 0.3) is 0 Å². The van der Waals surface area contributed by atoms with Gasteiger partial charge in [-0.3, -0.25) is 9.59 Å². The van der Waals surface area contributed by atoms with Crippen molar-refractivity contribution in [2.24, 2.45) is 10.2 Å². The van der Waals surface area contributed by atoms with Gasteiger partial charge in [-0.2, -0.15) is 10.2 Å². The van der Waals surface area contributed by atoms with Crippen molar-refractivity contribution < 1.29 is 19.8 Å². The van der Waals surface area contributed by atoms with Crippen LogP contribution in [0.2, 0.25) is 0 Å². The summed E-state index contributed by atoms with van der Waals surface area (Å²) in [6.45, 7) is 0. The molecule has 10 heteroatoms. The summed E-state index contributed by atoms with van der Waals surface area (Å²) in [7, 11) is 0. The van der Waals surface area contributed by atoms with Gasteiger partial charge in [0.15, 0.2) is 0 Å². The van der Waals surface area contributed by atoms with Crippen LogP contribution in [0.5, 0.6) is 11.5 Å². The fourth-order valence-electron chi connectivity index (χ4n) is 2.29. The number of halogens is 2. The Morgan fingerprint density at radius 2 is 1.20 bits per heavy atom. The molecular weight excluding hydrogens is 520 g/mol. The second-order valence-corrected chi connectivity index (χ2v) is 8.03. The zero-order chi connectivity index (χ0) is 21.9. The predicted octanol–water partition coefficient (Wildman–Crippen LogP) is 3.78. The molecule has 0 saturated carbocycles. The van der Waals surface area contributed by atoms with Crippen LogP contribution in [0.3, 0.4) is 0 Å². The molecule has 0 spiro atoms. The zero-order valence-corrected chi connectivity index (χ0v) is 19.0. The SMILES string of the molecule is O=C(CCCCC(=O)N/N=C/c1cc(Br)ccc1O)N/N=C\c1cc(Br)ccc1O. The summed E-state index contributed by atoms with van der Waals surface area (Å²) in [6.07, 6.45) is 4.15. The van der Waals surface area contributed by atoms with Crippen LogP contribution in [-0.2, 0) is 9.59 Å². The number of nitrogens with one attached hydrogen (secondary N) is 2. The number of benzene rings is 2. The Balaban J connectivity index is 1.64. The van der Waals surface area contributed by atoms with Crippen molar-refractivity contribution in [1.82, 2.24) is 10.9 Å². The van der Waals surface area contributed by atoms with E-state index in [1.807, 2.05) is 0 Å². The molecule has 8 nitrogen and oxygen atoms in total. The number of hydrazone groups is 2. The first-order valence-electron chi connectivity index (χ1n) is 8.96. The molecular formula is C20H20Br2N4O4. The Bertz CT molecular complexity index is 886. The van der Waals surface area contributed by atoms with E-state index in [1.54, 1.807) is 24.3 Å². The molecule has 2 aromatic carbocycles. The first kappa shape index (κ1) is 23.6. The van der Waals surface area contributed by atoms with Crippen LogP contribution in [0.4, 0.5) is 0 Å². The van der Waals surface area contributed by atoms with Crippen LogP contribution in [0.15, 0.2) is 55.5 Å². The quantitative estimate of drug-likeness (QED) is 0.220. The van der Waals surface area contributed by atoms with Gasteiger partial charge in [0.1, 0.15) is 11.5 Å². The second kappa shape index (κ2) is 12.1. The minimum absolute atomic E-state index is 0.0555. The molecule has 0 atom stereocenters. The number of hydrogen-bond acceptors (Lipinski definition) is 6. The Morgan fingerprint density at radius 1 is 0.800 bits per heavy atom. The van der Waals surface area contributed by atoms with Gasteiger partial charge in [-0.15, -0.1) is 0 Å². The number of amides is 2. The number of aromatic hydroxyl groups is 2. The van der Waals surface area contributed by atoms with Crippen LogP contribution in [-0.4, -0.2) is 34.5 Å². The highest BCUT2D eigenvalue weighted by Crippen LogP contribution is 2.20. The average molecular weight is 540 g/mol. The minimum Gasteiger partial charge on any atom is -0.507 e. The number of nitrogens with zero attached hydrogens (tertiary/aromatic N) is 2. The first-order chi connectivity index (χ1) is 14.3. The van der Waals surface area contributed by atoms with E-state index >= 15 is 0 Å². The van der Waals surface area contributed by atoms with E-state index in [0.29, 0.717) is 24.0 Å². The molecule has 0 aliphatic heterocycles. The zero-order valence-electron chi connectivity index (χ0n) is 15.8. The predicted molar refractivity (Wildman–Crippen MR) is 122 cm³/mol. The smallest absolute Gasteiger partial charge is 0.240 e. The molecule has 30 heavy (non-hydrogen) atoms. The molecule has 4 N–H and O–H groups in total. The summed E-state index contributed by atoms with van der Waals surface area (Å²) >= 11 is 6.58. The molecule has 0 fully saturated rings.